The molecule has 1 atom stereocenters. The molecule has 136 valence electrons. The minimum atomic E-state index is -0.114. The molecule has 6 nitrogen and oxygen atoms in total. The average molecular weight is 352 g/mol. The van der Waals surface area contributed by atoms with Crippen molar-refractivity contribution in [1.29, 1.82) is 0 Å². The molecule has 0 radical (unpaired) electrons. The second-order valence-electron chi connectivity index (χ2n) is 6.41. The number of nitrogens with zero attached hydrogens (tertiary/aromatic N) is 3. The van der Waals surface area contributed by atoms with Crippen LogP contribution in [0.25, 0.3) is 11.1 Å². The standard InChI is InChI=1S/C20H24N4O2/c1-3-19(25)23-11-5-6-17(14-23)24(4-2)18-12-16(13-22-20(18)26)15-7-9-21-10-8-15/h3,7-10,12-13,17H,1,4-6,11,14H2,2H3,(H,22,26). The minimum absolute atomic E-state index is 0.0507. The summed E-state index contributed by atoms with van der Waals surface area (Å²) in [5.41, 5.74) is 2.47. The first-order chi connectivity index (χ1) is 12.6. The van der Waals surface area contributed by atoms with Crippen LogP contribution in [0, 0.1) is 0 Å². The molecule has 1 saturated heterocycles. The Hall–Kier alpha value is -2.89. The topological polar surface area (TPSA) is 69.3 Å². The molecule has 1 amide bonds. The van der Waals surface area contributed by atoms with Gasteiger partial charge in [0, 0.05) is 49.8 Å². The first kappa shape index (κ1) is 17.9. The van der Waals surface area contributed by atoms with E-state index in [0.29, 0.717) is 18.8 Å². The maximum Gasteiger partial charge on any atom is 0.271 e. The molecular formula is C20H24N4O2. The summed E-state index contributed by atoms with van der Waals surface area (Å²) < 4.78 is 0. The molecule has 1 fully saturated rings. The summed E-state index contributed by atoms with van der Waals surface area (Å²) in [6, 6.07) is 5.87. The molecule has 3 heterocycles. The van der Waals surface area contributed by atoms with Crippen LogP contribution >= 0.6 is 0 Å². The van der Waals surface area contributed by atoms with Crippen LogP contribution in [0.1, 0.15) is 19.8 Å². The fourth-order valence-electron chi connectivity index (χ4n) is 3.56. The lowest BCUT2D eigenvalue weighted by Gasteiger charge is -2.39. The van der Waals surface area contributed by atoms with Crippen LogP contribution in [-0.4, -0.2) is 46.5 Å². The zero-order valence-corrected chi connectivity index (χ0v) is 15.0. The second-order valence-corrected chi connectivity index (χ2v) is 6.41. The summed E-state index contributed by atoms with van der Waals surface area (Å²) in [6.07, 6.45) is 8.42. The third kappa shape index (κ3) is 3.69. The van der Waals surface area contributed by atoms with E-state index in [1.54, 1.807) is 18.6 Å². The Bertz CT molecular complexity index is 831. The molecule has 26 heavy (non-hydrogen) atoms. The van der Waals surface area contributed by atoms with Gasteiger partial charge in [-0.25, -0.2) is 0 Å². The first-order valence-electron chi connectivity index (χ1n) is 8.95. The maximum atomic E-state index is 12.5. The third-order valence-electron chi connectivity index (χ3n) is 4.87. The molecule has 0 aromatic carbocycles. The lowest BCUT2D eigenvalue weighted by atomic mass is 10.0. The van der Waals surface area contributed by atoms with Crippen molar-refractivity contribution >= 4 is 11.6 Å². The molecule has 6 heteroatoms. The number of carbonyl (C=O) groups is 1. The number of hydrogen-bond donors (Lipinski definition) is 1. The zero-order valence-electron chi connectivity index (χ0n) is 15.0. The largest absolute Gasteiger partial charge is 0.363 e. The van der Waals surface area contributed by atoms with Crippen LogP contribution in [0.2, 0.25) is 0 Å². The fourth-order valence-corrected chi connectivity index (χ4v) is 3.56. The van der Waals surface area contributed by atoms with Gasteiger partial charge in [0.1, 0.15) is 5.69 Å². The van der Waals surface area contributed by atoms with Gasteiger partial charge in [0.25, 0.3) is 5.56 Å². The van der Waals surface area contributed by atoms with Gasteiger partial charge in [-0.15, -0.1) is 0 Å². The highest BCUT2D eigenvalue weighted by Gasteiger charge is 2.27. The van der Waals surface area contributed by atoms with E-state index >= 15 is 0 Å². The van der Waals surface area contributed by atoms with E-state index in [1.807, 2.05) is 30.0 Å². The van der Waals surface area contributed by atoms with Gasteiger partial charge in [-0.05, 0) is 49.6 Å². The number of aromatic amines is 1. The maximum absolute atomic E-state index is 12.5. The van der Waals surface area contributed by atoms with Crippen LogP contribution < -0.4 is 10.5 Å². The van der Waals surface area contributed by atoms with E-state index in [1.165, 1.54) is 6.08 Å². The number of hydrogen-bond acceptors (Lipinski definition) is 4. The molecule has 2 aromatic heterocycles. The Morgan fingerprint density at radius 3 is 2.88 bits per heavy atom. The number of amides is 1. The monoisotopic (exact) mass is 352 g/mol. The summed E-state index contributed by atoms with van der Waals surface area (Å²) >= 11 is 0. The van der Waals surface area contributed by atoms with E-state index in [9.17, 15) is 9.59 Å². The van der Waals surface area contributed by atoms with Crippen molar-refractivity contribution in [2.45, 2.75) is 25.8 Å². The molecule has 0 spiro atoms. The molecule has 0 aliphatic carbocycles. The highest BCUT2D eigenvalue weighted by atomic mass is 16.2. The van der Waals surface area contributed by atoms with Gasteiger partial charge in [-0.2, -0.15) is 0 Å². The van der Waals surface area contributed by atoms with Crippen molar-refractivity contribution in [3.8, 4) is 11.1 Å². The molecule has 2 aromatic rings. The van der Waals surface area contributed by atoms with Crippen LogP contribution in [0.4, 0.5) is 5.69 Å². The number of likely N-dealkylation sites (N-methyl/N-ethyl adjacent to an activating group) is 1. The van der Waals surface area contributed by atoms with Crippen molar-refractivity contribution in [1.82, 2.24) is 14.9 Å². The van der Waals surface area contributed by atoms with Crippen LogP contribution in [0.15, 0.2) is 54.2 Å². The van der Waals surface area contributed by atoms with Gasteiger partial charge >= 0.3 is 0 Å². The van der Waals surface area contributed by atoms with Gasteiger partial charge in [0.2, 0.25) is 5.91 Å². The summed E-state index contributed by atoms with van der Waals surface area (Å²) in [4.78, 5) is 35.3. The highest BCUT2D eigenvalue weighted by Crippen LogP contribution is 2.24. The predicted molar refractivity (Wildman–Crippen MR) is 103 cm³/mol. The number of aromatic nitrogens is 2. The SMILES string of the molecule is C=CC(=O)N1CCCC(N(CC)c2cc(-c3ccncc3)c[nH]c2=O)C1. The molecule has 0 saturated carbocycles. The second kappa shape index (κ2) is 7.99. The smallest absolute Gasteiger partial charge is 0.271 e. The number of anilines is 1. The van der Waals surface area contributed by atoms with Crippen molar-refractivity contribution in [2.24, 2.45) is 0 Å². The first-order valence-corrected chi connectivity index (χ1v) is 8.95. The van der Waals surface area contributed by atoms with Gasteiger partial charge in [0.15, 0.2) is 0 Å². The molecule has 1 unspecified atom stereocenters. The summed E-state index contributed by atoms with van der Waals surface area (Å²) in [7, 11) is 0. The van der Waals surface area contributed by atoms with Crippen molar-refractivity contribution < 1.29 is 4.79 Å². The Labute approximate surface area is 153 Å². The number of nitrogens with one attached hydrogen (secondary N) is 1. The molecule has 3 rings (SSSR count). The lowest BCUT2D eigenvalue weighted by molar-refractivity contribution is -0.127. The predicted octanol–water partition coefficient (Wildman–Crippen LogP) is 2.44. The number of pyridine rings is 2. The number of rotatable bonds is 5. The van der Waals surface area contributed by atoms with Gasteiger partial charge in [0.05, 0.1) is 0 Å². The van der Waals surface area contributed by atoms with Crippen LogP contribution in [-0.2, 0) is 4.79 Å². The lowest BCUT2D eigenvalue weighted by Crippen LogP contribution is -2.50. The van der Waals surface area contributed by atoms with Crippen LogP contribution in [0.3, 0.4) is 0 Å². The summed E-state index contributed by atoms with van der Waals surface area (Å²) in [5, 5.41) is 0. The van der Waals surface area contributed by atoms with E-state index in [-0.39, 0.29) is 17.5 Å². The van der Waals surface area contributed by atoms with E-state index in [0.717, 1.165) is 30.5 Å². The average Bonchev–Trinajstić information content (AvgIpc) is 2.70. The Kier molecular flexibility index (Phi) is 5.51. The molecule has 1 aliphatic rings. The summed E-state index contributed by atoms with van der Waals surface area (Å²) in [6.45, 7) is 7.66. The number of H-pyrrole nitrogens is 1. The van der Waals surface area contributed by atoms with E-state index in [2.05, 4.69) is 21.4 Å². The van der Waals surface area contributed by atoms with Crippen molar-refractivity contribution in [3.05, 3.63) is 59.8 Å². The third-order valence-corrected chi connectivity index (χ3v) is 4.87. The molecule has 1 N–H and O–H groups in total. The zero-order chi connectivity index (χ0) is 18.5. The summed E-state index contributed by atoms with van der Waals surface area (Å²) in [5.74, 6) is -0.0507. The van der Waals surface area contributed by atoms with Gasteiger partial charge in [-0.3, -0.25) is 14.6 Å². The normalized spacial score (nSPS) is 17.0. The highest BCUT2D eigenvalue weighted by molar-refractivity contribution is 5.87. The number of likely N-dealkylation sites (tertiary alicyclic amines) is 1. The van der Waals surface area contributed by atoms with Gasteiger partial charge in [-0.1, -0.05) is 6.58 Å². The van der Waals surface area contributed by atoms with E-state index < -0.39 is 0 Å². The number of carbonyl (C=O) groups excluding carboxylic acids is 1. The number of piperidine rings is 1. The minimum Gasteiger partial charge on any atom is -0.363 e. The molecule has 1 aliphatic heterocycles. The van der Waals surface area contributed by atoms with Gasteiger partial charge < -0.3 is 14.8 Å². The fraction of sp³-hybridized carbons (Fsp3) is 0.350. The molecule has 0 bridgehead atoms. The quantitative estimate of drug-likeness (QED) is 0.839. The Morgan fingerprint density at radius 1 is 1.42 bits per heavy atom. The Morgan fingerprint density at radius 2 is 2.19 bits per heavy atom. The van der Waals surface area contributed by atoms with Crippen LogP contribution in [0.5, 0.6) is 0 Å². The molecular weight excluding hydrogens is 328 g/mol. The van der Waals surface area contributed by atoms with Crippen molar-refractivity contribution in [3.63, 3.8) is 0 Å². The Balaban J connectivity index is 1.91. The van der Waals surface area contributed by atoms with Crippen molar-refractivity contribution in [2.75, 3.05) is 24.5 Å². The van der Waals surface area contributed by atoms with E-state index in [4.69, 9.17) is 0 Å².